The van der Waals surface area contributed by atoms with E-state index in [2.05, 4.69) is 73.4 Å². The summed E-state index contributed by atoms with van der Waals surface area (Å²) >= 11 is 1.64. The lowest BCUT2D eigenvalue weighted by Crippen LogP contribution is -2.59. The lowest BCUT2D eigenvalue weighted by Gasteiger charge is -2.41. The van der Waals surface area contributed by atoms with Gasteiger partial charge in [0.2, 0.25) is 5.13 Å². The fourth-order valence-corrected chi connectivity index (χ4v) is 5.17. The average Bonchev–Trinajstić information content (AvgIpc) is 3.31. The van der Waals surface area contributed by atoms with Crippen LogP contribution in [0.4, 0.5) is 10.8 Å². The zero-order valence-electron chi connectivity index (χ0n) is 20.1. The van der Waals surface area contributed by atoms with Crippen molar-refractivity contribution in [2.24, 2.45) is 5.10 Å². The molecule has 5 rings (SSSR count). The van der Waals surface area contributed by atoms with Crippen molar-refractivity contribution in [3.05, 3.63) is 103 Å². The van der Waals surface area contributed by atoms with Crippen molar-refractivity contribution in [1.82, 2.24) is 10.4 Å². The molecule has 1 N–H and O–H groups in total. The number of thiazole rings is 1. The third kappa shape index (κ3) is 4.99. The van der Waals surface area contributed by atoms with Crippen molar-refractivity contribution < 1.29 is 0 Å². The van der Waals surface area contributed by atoms with E-state index in [1.54, 1.807) is 11.3 Å². The molecule has 35 heavy (non-hydrogen) atoms. The topological polar surface area (TPSA) is 43.8 Å². The SMILES string of the molecule is C=CC1N(c2ccc(C#C[Si](C)(C)C)cc2)N=C(c2ccccc2)NN1c1nc2ccccc2s1. The van der Waals surface area contributed by atoms with Gasteiger partial charge in [0.15, 0.2) is 12.0 Å². The number of hydrazine groups is 1. The Bertz CT molecular complexity index is 1410. The molecule has 0 saturated heterocycles. The van der Waals surface area contributed by atoms with Gasteiger partial charge in [-0.3, -0.25) is 5.43 Å². The number of rotatable bonds is 4. The second-order valence-corrected chi connectivity index (χ2v) is 15.1. The Morgan fingerprint density at radius 3 is 2.37 bits per heavy atom. The van der Waals surface area contributed by atoms with E-state index >= 15 is 0 Å². The van der Waals surface area contributed by atoms with Crippen LogP contribution in [0.5, 0.6) is 0 Å². The van der Waals surface area contributed by atoms with Crippen LogP contribution in [0.1, 0.15) is 11.1 Å². The van der Waals surface area contributed by atoms with Gasteiger partial charge in [-0.2, -0.15) is 5.10 Å². The highest BCUT2D eigenvalue weighted by Gasteiger charge is 2.32. The van der Waals surface area contributed by atoms with Gasteiger partial charge in [0.05, 0.1) is 15.9 Å². The molecule has 0 amide bonds. The molecule has 1 aliphatic heterocycles. The van der Waals surface area contributed by atoms with E-state index in [0.717, 1.165) is 38.0 Å². The van der Waals surface area contributed by atoms with Gasteiger partial charge in [-0.05, 0) is 42.5 Å². The number of fused-ring (bicyclic) bond motifs is 1. The number of hydrogen-bond acceptors (Lipinski definition) is 6. The van der Waals surface area contributed by atoms with Crippen molar-refractivity contribution in [2.75, 3.05) is 10.0 Å². The fraction of sp³-hybridized carbons (Fsp3) is 0.143. The number of nitrogens with one attached hydrogen (secondary N) is 1. The summed E-state index contributed by atoms with van der Waals surface area (Å²) in [5.74, 6) is 4.07. The molecule has 7 heteroatoms. The molecule has 0 saturated carbocycles. The summed E-state index contributed by atoms with van der Waals surface area (Å²) in [7, 11) is -1.44. The molecule has 5 nitrogen and oxygen atoms in total. The molecule has 0 fully saturated rings. The van der Waals surface area contributed by atoms with E-state index in [1.807, 2.05) is 64.6 Å². The van der Waals surface area contributed by atoms with Crippen LogP contribution in [0.3, 0.4) is 0 Å². The first-order valence-corrected chi connectivity index (χ1v) is 15.8. The molecule has 1 aromatic heterocycles. The maximum atomic E-state index is 4.99. The van der Waals surface area contributed by atoms with Gasteiger partial charge in [0.25, 0.3) is 0 Å². The molecule has 0 spiro atoms. The maximum absolute atomic E-state index is 4.99. The Balaban J connectivity index is 1.57. The minimum absolute atomic E-state index is 0.276. The number of hydrazone groups is 1. The first kappa shape index (κ1) is 22.9. The summed E-state index contributed by atoms with van der Waals surface area (Å²) in [5.41, 5.74) is 10.9. The molecule has 4 aromatic rings. The smallest absolute Gasteiger partial charge is 0.207 e. The molecule has 0 bridgehead atoms. The Morgan fingerprint density at radius 2 is 1.69 bits per heavy atom. The van der Waals surface area contributed by atoms with E-state index in [1.165, 1.54) is 0 Å². The number of benzene rings is 3. The molecular weight excluding hydrogens is 466 g/mol. The molecule has 3 aromatic carbocycles. The molecule has 0 aliphatic carbocycles. The number of amidine groups is 1. The predicted octanol–water partition coefficient (Wildman–Crippen LogP) is 6.23. The minimum atomic E-state index is -1.44. The van der Waals surface area contributed by atoms with Gasteiger partial charge < -0.3 is 0 Å². The largest absolute Gasteiger partial charge is 0.275 e. The number of hydrogen-bond donors (Lipinski definition) is 1. The summed E-state index contributed by atoms with van der Waals surface area (Å²) < 4.78 is 1.13. The summed E-state index contributed by atoms with van der Waals surface area (Å²) in [6.07, 6.45) is 1.60. The van der Waals surface area contributed by atoms with Gasteiger partial charge in [0.1, 0.15) is 8.07 Å². The Labute approximate surface area is 211 Å². The van der Waals surface area contributed by atoms with Crippen LogP contribution in [0.2, 0.25) is 19.6 Å². The molecule has 1 aliphatic rings. The van der Waals surface area contributed by atoms with Crippen LogP contribution in [-0.4, -0.2) is 25.1 Å². The third-order valence-electron chi connectivity index (χ3n) is 5.41. The average molecular weight is 494 g/mol. The summed E-state index contributed by atoms with van der Waals surface area (Å²) in [5, 5.41) is 9.86. The van der Waals surface area contributed by atoms with Gasteiger partial charge in [-0.15, -0.1) is 5.54 Å². The maximum Gasteiger partial charge on any atom is 0.207 e. The van der Waals surface area contributed by atoms with Crippen molar-refractivity contribution in [3.63, 3.8) is 0 Å². The Morgan fingerprint density at radius 1 is 0.971 bits per heavy atom. The first-order valence-electron chi connectivity index (χ1n) is 11.5. The van der Waals surface area contributed by atoms with Crippen LogP contribution >= 0.6 is 11.3 Å². The van der Waals surface area contributed by atoms with Crippen molar-refractivity contribution in [2.45, 2.75) is 25.8 Å². The number of nitrogens with zero attached hydrogens (tertiary/aromatic N) is 4. The zero-order valence-corrected chi connectivity index (χ0v) is 21.9. The number of para-hydroxylation sites is 1. The van der Waals surface area contributed by atoms with Crippen LogP contribution in [0, 0.1) is 11.5 Å². The highest BCUT2D eigenvalue weighted by molar-refractivity contribution is 7.22. The van der Waals surface area contributed by atoms with Crippen LogP contribution in [-0.2, 0) is 0 Å². The van der Waals surface area contributed by atoms with Gasteiger partial charge in [0, 0.05) is 11.1 Å². The molecule has 174 valence electrons. The highest BCUT2D eigenvalue weighted by atomic mass is 32.1. The standard InChI is InChI=1S/C28H27N5SSi/c1-5-26-32(23-17-15-21(16-18-23)19-20-35(2,3)4)30-27(22-11-7-6-8-12-22)31-33(26)28-29-24-13-9-10-14-25(24)34-28/h5-18,26H,1H2,2-4H3,(H,30,31). The van der Waals surface area contributed by atoms with Gasteiger partial charge in [-0.25, -0.2) is 15.0 Å². The predicted molar refractivity (Wildman–Crippen MR) is 151 cm³/mol. The van der Waals surface area contributed by atoms with Crippen LogP contribution < -0.4 is 15.4 Å². The van der Waals surface area contributed by atoms with Crippen LogP contribution in [0.25, 0.3) is 10.2 Å². The first-order chi connectivity index (χ1) is 16.9. The van der Waals surface area contributed by atoms with Crippen molar-refractivity contribution in [1.29, 1.82) is 0 Å². The van der Waals surface area contributed by atoms with Crippen LogP contribution in [0.15, 0.2) is 96.6 Å². The zero-order chi connectivity index (χ0) is 24.4. The molecular formula is C28H27N5SSi. The molecule has 2 heterocycles. The summed E-state index contributed by atoms with van der Waals surface area (Å²) in [6.45, 7) is 10.9. The van der Waals surface area contributed by atoms with Crippen molar-refractivity contribution >= 4 is 46.3 Å². The fourth-order valence-electron chi connectivity index (χ4n) is 3.69. The Kier molecular flexibility index (Phi) is 6.16. The monoisotopic (exact) mass is 493 g/mol. The van der Waals surface area contributed by atoms with E-state index in [9.17, 15) is 0 Å². The lowest BCUT2D eigenvalue weighted by molar-refractivity contribution is 0.591. The van der Waals surface area contributed by atoms with E-state index < -0.39 is 8.07 Å². The van der Waals surface area contributed by atoms with E-state index in [-0.39, 0.29) is 6.17 Å². The second kappa shape index (κ2) is 9.41. The summed E-state index contributed by atoms with van der Waals surface area (Å²) in [4.78, 5) is 4.89. The van der Waals surface area contributed by atoms with E-state index in [4.69, 9.17) is 10.1 Å². The van der Waals surface area contributed by atoms with Gasteiger partial charge in [-0.1, -0.05) is 85.9 Å². The minimum Gasteiger partial charge on any atom is -0.275 e. The summed E-state index contributed by atoms with van der Waals surface area (Å²) in [6, 6.07) is 26.5. The molecule has 0 radical (unpaired) electrons. The molecule has 1 unspecified atom stereocenters. The quantitative estimate of drug-likeness (QED) is 0.208. The highest BCUT2D eigenvalue weighted by Crippen LogP contribution is 2.33. The third-order valence-corrected chi connectivity index (χ3v) is 7.32. The number of anilines is 2. The second-order valence-electron chi connectivity index (χ2n) is 9.30. The number of aromatic nitrogens is 1. The van der Waals surface area contributed by atoms with E-state index in [0.29, 0.717) is 0 Å². The normalized spacial score (nSPS) is 15.7. The molecule has 1 atom stereocenters. The van der Waals surface area contributed by atoms with Gasteiger partial charge >= 0.3 is 0 Å². The Hall–Kier alpha value is -3.86. The van der Waals surface area contributed by atoms with Crippen molar-refractivity contribution in [3.8, 4) is 11.5 Å². The lowest BCUT2D eigenvalue weighted by atomic mass is 10.2.